The number of nitrogens with two attached hydrogens (primary N) is 1. The van der Waals surface area contributed by atoms with Crippen molar-refractivity contribution in [2.45, 2.75) is 13.8 Å². The third-order valence-corrected chi connectivity index (χ3v) is 5.42. The zero-order chi connectivity index (χ0) is 24.4. The number of carbonyl (C=O) groups is 1. The lowest BCUT2D eigenvalue weighted by molar-refractivity contribution is -0.119. The van der Waals surface area contributed by atoms with Gasteiger partial charge in [0.05, 0.1) is 19.8 Å². The summed E-state index contributed by atoms with van der Waals surface area (Å²) in [5, 5.41) is 3.43. The van der Waals surface area contributed by atoms with Crippen LogP contribution >= 0.6 is 0 Å². The number of imidazole rings is 1. The number of carbonyl (C=O) groups excluding carboxylic acids is 1. The van der Waals surface area contributed by atoms with Gasteiger partial charge in [-0.3, -0.25) is 9.20 Å². The SMILES string of the molecule is COc1cc(OCC(N)=O)c(-c2nc3ccc(F)cn3c2Nc2c(C)cccc2C)cc1OC. The number of pyridine rings is 1. The van der Waals surface area contributed by atoms with E-state index in [1.165, 1.54) is 26.5 Å². The molecule has 0 saturated heterocycles. The van der Waals surface area contributed by atoms with E-state index in [9.17, 15) is 9.18 Å². The number of hydrogen-bond acceptors (Lipinski definition) is 6. The van der Waals surface area contributed by atoms with Gasteiger partial charge in [-0.25, -0.2) is 9.37 Å². The van der Waals surface area contributed by atoms with Crippen LogP contribution in [0.5, 0.6) is 17.2 Å². The van der Waals surface area contributed by atoms with Gasteiger partial charge in [0.2, 0.25) is 0 Å². The summed E-state index contributed by atoms with van der Waals surface area (Å²) in [6.07, 6.45) is 1.35. The number of rotatable bonds is 8. The maximum absolute atomic E-state index is 14.2. The number of hydrogen-bond donors (Lipinski definition) is 2. The molecule has 34 heavy (non-hydrogen) atoms. The Morgan fingerprint density at radius 1 is 1.06 bits per heavy atom. The first-order chi connectivity index (χ1) is 16.3. The molecule has 3 N–H and O–H groups in total. The Labute approximate surface area is 196 Å². The Hall–Kier alpha value is -4.27. The molecule has 8 nitrogen and oxygen atoms in total. The molecule has 0 aliphatic rings. The standard InChI is InChI=1S/C25H25FN4O4/c1-14-6-5-7-15(2)23(14)29-25-24(28-22-9-8-16(26)12-30(22)25)17-10-19(32-3)20(33-4)11-18(17)34-13-21(27)31/h5-12,29H,13H2,1-4H3,(H2,27,31). The fraction of sp³-hybridized carbons (Fsp3) is 0.200. The molecule has 0 spiro atoms. The van der Waals surface area contributed by atoms with E-state index >= 15 is 0 Å². The van der Waals surface area contributed by atoms with Gasteiger partial charge in [0.1, 0.15) is 28.7 Å². The molecule has 0 saturated carbocycles. The Kier molecular flexibility index (Phi) is 6.27. The number of ether oxygens (including phenoxy) is 3. The van der Waals surface area contributed by atoms with E-state index in [1.807, 2.05) is 32.0 Å². The topological polar surface area (TPSA) is 100 Å². The average molecular weight is 464 g/mol. The monoisotopic (exact) mass is 464 g/mol. The van der Waals surface area contributed by atoms with Crippen LogP contribution in [-0.2, 0) is 4.79 Å². The second kappa shape index (κ2) is 9.30. The third-order valence-electron chi connectivity index (χ3n) is 5.42. The number of aromatic nitrogens is 2. The summed E-state index contributed by atoms with van der Waals surface area (Å²) < 4.78 is 32.5. The molecule has 0 atom stereocenters. The number of para-hydroxylation sites is 1. The van der Waals surface area contributed by atoms with Crippen LogP contribution in [0.2, 0.25) is 0 Å². The number of nitrogens with zero attached hydrogens (tertiary/aromatic N) is 2. The molecule has 0 radical (unpaired) electrons. The zero-order valence-electron chi connectivity index (χ0n) is 19.3. The first kappa shape index (κ1) is 22.9. The molecule has 1 amide bonds. The van der Waals surface area contributed by atoms with Crippen molar-refractivity contribution in [3.63, 3.8) is 0 Å². The second-order valence-corrected chi connectivity index (χ2v) is 7.73. The molecule has 0 unspecified atom stereocenters. The molecule has 9 heteroatoms. The minimum atomic E-state index is -0.633. The molecule has 0 bridgehead atoms. The molecule has 2 aromatic carbocycles. The van der Waals surface area contributed by atoms with Gasteiger partial charge in [0.15, 0.2) is 18.1 Å². The van der Waals surface area contributed by atoms with E-state index in [0.29, 0.717) is 40.0 Å². The van der Waals surface area contributed by atoms with Gasteiger partial charge < -0.3 is 25.3 Å². The first-order valence-corrected chi connectivity index (χ1v) is 10.5. The number of halogens is 1. The number of primary amides is 1. The number of nitrogens with one attached hydrogen (secondary N) is 1. The average Bonchev–Trinajstić information content (AvgIpc) is 3.16. The van der Waals surface area contributed by atoms with Gasteiger partial charge in [0.25, 0.3) is 5.91 Å². The molecule has 2 aromatic heterocycles. The number of fused-ring (bicyclic) bond motifs is 1. The van der Waals surface area contributed by atoms with E-state index in [4.69, 9.17) is 24.9 Å². The molecular formula is C25H25FN4O4. The predicted octanol–water partition coefficient (Wildman–Crippen LogP) is 4.38. The lowest BCUT2D eigenvalue weighted by atomic mass is 10.1. The van der Waals surface area contributed by atoms with Crippen LogP contribution < -0.4 is 25.3 Å². The van der Waals surface area contributed by atoms with Crippen molar-refractivity contribution in [3.05, 3.63) is 65.6 Å². The normalized spacial score (nSPS) is 10.9. The largest absolute Gasteiger partial charge is 0.493 e. The molecule has 0 aliphatic heterocycles. The first-order valence-electron chi connectivity index (χ1n) is 10.5. The quantitative estimate of drug-likeness (QED) is 0.401. The minimum Gasteiger partial charge on any atom is -0.493 e. The fourth-order valence-electron chi connectivity index (χ4n) is 3.77. The molecule has 4 rings (SSSR count). The van der Waals surface area contributed by atoms with E-state index in [-0.39, 0.29) is 6.61 Å². The highest BCUT2D eigenvalue weighted by atomic mass is 19.1. The number of anilines is 2. The lowest BCUT2D eigenvalue weighted by Crippen LogP contribution is -2.20. The Morgan fingerprint density at radius 3 is 2.38 bits per heavy atom. The minimum absolute atomic E-state index is 0.310. The molecule has 2 heterocycles. The van der Waals surface area contributed by atoms with Crippen LogP contribution in [0.1, 0.15) is 11.1 Å². The number of methoxy groups -OCH3 is 2. The van der Waals surface area contributed by atoms with Crippen molar-refractivity contribution in [1.82, 2.24) is 9.38 Å². The van der Waals surface area contributed by atoms with Gasteiger partial charge in [0, 0.05) is 18.0 Å². The smallest absolute Gasteiger partial charge is 0.255 e. The molecule has 176 valence electrons. The van der Waals surface area contributed by atoms with Crippen molar-refractivity contribution >= 4 is 23.1 Å². The zero-order valence-corrected chi connectivity index (χ0v) is 19.3. The van der Waals surface area contributed by atoms with E-state index in [0.717, 1.165) is 16.8 Å². The van der Waals surface area contributed by atoms with Crippen molar-refractivity contribution in [1.29, 1.82) is 0 Å². The van der Waals surface area contributed by atoms with Crippen LogP contribution in [0.3, 0.4) is 0 Å². The molecule has 0 fully saturated rings. The summed E-state index contributed by atoms with van der Waals surface area (Å²) in [7, 11) is 3.01. The van der Waals surface area contributed by atoms with Gasteiger partial charge in [-0.15, -0.1) is 0 Å². The van der Waals surface area contributed by atoms with Crippen LogP contribution in [0, 0.1) is 19.7 Å². The Morgan fingerprint density at radius 2 is 1.74 bits per heavy atom. The maximum atomic E-state index is 14.2. The summed E-state index contributed by atoms with van der Waals surface area (Å²) in [4.78, 5) is 16.2. The number of benzene rings is 2. The number of aryl methyl sites for hydroxylation is 2. The highest BCUT2D eigenvalue weighted by Crippen LogP contribution is 2.43. The summed E-state index contributed by atoms with van der Waals surface area (Å²) in [5.74, 6) is 0.619. The summed E-state index contributed by atoms with van der Waals surface area (Å²) in [5.41, 5.74) is 9.69. The highest BCUT2D eigenvalue weighted by molar-refractivity contribution is 5.85. The fourth-order valence-corrected chi connectivity index (χ4v) is 3.77. The van der Waals surface area contributed by atoms with Crippen molar-refractivity contribution in [3.8, 4) is 28.5 Å². The van der Waals surface area contributed by atoms with Crippen LogP contribution in [0.4, 0.5) is 15.9 Å². The Balaban J connectivity index is 1.99. The Bertz CT molecular complexity index is 1360. The van der Waals surface area contributed by atoms with Crippen molar-refractivity contribution in [2.24, 2.45) is 5.73 Å². The van der Waals surface area contributed by atoms with Crippen LogP contribution in [0.25, 0.3) is 16.9 Å². The molecule has 4 aromatic rings. The second-order valence-electron chi connectivity index (χ2n) is 7.73. The molecule has 0 aliphatic carbocycles. The van der Waals surface area contributed by atoms with E-state index in [1.54, 1.807) is 22.6 Å². The maximum Gasteiger partial charge on any atom is 0.255 e. The van der Waals surface area contributed by atoms with Crippen molar-refractivity contribution < 1.29 is 23.4 Å². The summed E-state index contributed by atoms with van der Waals surface area (Å²) in [6.45, 7) is 3.62. The van der Waals surface area contributed by atoms with E-state index in [2.05, 4.69) is 5.32 Å². The van der Waals surface area contributed by atoms with E-state index < -0.39 is 11.7 Å². The van der Waals surface area contributed by atoms with Crippen LogP contribution in [-0.4, -0.2) is 36.1 Å². The molecular weight excluding hydrogens is 439 g/mol. The summed E-state index contributed by atoms with van der Waals surface area (Å²) in [6, 6.07) is 12.2. The number of amides is 1. The third kappa shape index (κ3) is 4.32. The van der Waals surface area contributed by atoms with Gasteiger partial charge in [-0.05, 0) is 43.2 Å². The lowest BCUT2D eigenvalue weighted by Gasteiger charge is -2.17. The van der Waals surface area contributed by atoms with Crippen molar-refractivity contribution in [2.75, 3.05) is 26.1 Å². The summed E-state index contributed by atoms with van der Waals surface area (Å²) >= 11 is 0. The van der Waals surface area contributed by atoms with Gasteiger partial charge in [-0.1, -0.05) is 18.2 Å². The predicted molar refractivity (Wildman–Crippen MR) is 128 cm³/mol. The van der Waals surface area contributed by atoms with Gasteiger partial charge in [-0.2, -0.15) is 0 Å². The highest BCUT2D eigenvalue weighted by Gasteiger charge is 2.23. The van der Waals surface area contributed by atoms with Gasteiger partial charge >= 0.3 is 0 Å². The van der Waals surface area contributed by atoms with Crippen LogP contribution in [0.15, 0.2) is 48.7 Å².